The number of anilines is 1. The topological polar surface area (TPSA) is 108 Å². The lowest BCUT2D eigenvalue weighted by Crippen LogP contribution is -2.29. The number of sulfonamides is 1. The van der Waals surface area contributed by atoms with Crippen LogP contribution < -0.4 is 10.1 Å². The number of aliphatic carboxylic acids is 1. The van der Waals surface area contributed by atoms with Gasteiger partial charge >= 0.3 is 5.97 Å². The number of carboxylic acid groups (broad SMARTS) is 1. The number of hydrazone groups is 1. The fourth-order valence-electron chi connectivity index (χ4n) is 1.99. The number of nitrogens with zero attached hydrogens (tertiary/aromatic N) is 1. The number of carbonyl (C=O) groups is 1. The van der Waals surface area contributed by atoms with Crippen molar-refractivity contribution in [1.29, 1.82) is 0 Å². The van der Waals surface area contributed by atoms with Gasteiger partial charge in [-0.25, -0.2) is 8.42 Å². The van der Waals surface area contributed by atoms with Gasteiger partial charge in [-0.3, -0.25) is 10.2 Å². The molecule has 0 spiro atoms. The van der Waals surface area contributed by atoms with E-state index in [1.165, 1.54) is 12.1 Å². The summed E-state index contributed by atoms with van der Waals surface area (Å²) in [7, 11) is -3.86. The monoisotopic (exact) mass is 395 g/mol. The minimum atomic E-state index is -3.86. The maximum Gasteiger partial charge on any atom is 0.318 e. The Hall–Kier alpha value is -2.42. The molecule has 0 aliphatic heterocycles. The van der Waals surface area contributed by atoms with Crippen LogP contribution in [0.3, 0.4) is 0 Å². The van der Waals surface area contributed by atoms with Gasteiger partial charge in [0.05, 0.1) is 16.3 Å². The Kier molecular flexibility index (Phi) is 6.36. The predicted molar refractivity (Wildman–Crippen MR) is 101 cm³/mol. The predicted octanol–water partition coefficient (Wildman–Crippen LogP) is 2.85. The van der Waals surface area contributed by atoms with E-state index >= 15 is 0 Å². The van der Waals surface area contributed by atoms with Gasteiger partial charge in [0.25, 0.3) is 0 Å². The molecule has 138 valence electrons. The zero-order chi connectivity index (χ0) is 19.3. The highest BCUT2D eigenvalue weighted by atomic mass is 35.5. The lowest BCUT2D eigenvalue weighted by molar-refractivity contribution is -0.135. The average molecular weight is 396 g/mol. The molecule has 0 radical (unpaired) electrons. The van der Waals surface area contributed by atoms with Crippen molar-refractivity contribution in [2.75, 3.05) is 12.0 Å². The molecular weight excluding hydrogens is 378 g/mol. The molecule has 26 heavy (non-hydrogen) atoms. The highest BCUT2D eigenvalue weighted by molar-refractivity contribution is 7.89. The molecule has 3 N–H and O–H groups in total. The Balaban J connectivity index is 2.11. The van der Waals surface area contributed by atoms with Crippen LogP contribution in [0.25, 0.3) is 0 Å². The number of rotatable bonds is 7. The molecule has 9 heteroatoms. The second kappa shape index (κ2) is 8.31. The molecule has 0 aliphatic rings. The Bertz CT molecular complexity index is 941. The van der Waals surface area contributed by atoms with Crippen LogP contribution in [-0.4, -0.2) is 31.8 Å². The second-order valence-electron chi connectivity index (χ2n) is 5.52. The summed E-state index contributed by atoms with van der Waals surface area (Å²) in [4.78, 5) is 10.5. The summed E-state index contributed by atoms with van der Waals surface area (Å²) in [6, 6.07) is 11.5. The summed E-state index contributed by atoms with van der Waals surface area (Å²) in [6.07, 6.45) is 0. The number of halogens is 1. The summed E-state index contributed by atoms with van der Waals surface area (Å²) >= 11 is 6.06. The molecule has 0 heterocycles. The largest absolute Gasteiger partial charge is 0.480 e. The van der Waals surface area contributed by atoms with Crippen molar-refractivity contribution in [2.45, 2.75) is 18.7 Å². The van der Waals surface area contributed by atoms with E-state index in [2.05, 4.69) is 10.5 Å². The molecule has 2 aromatic rings. The zero-order valence-corrected chi connectivity index (χ0v) is 15.7. The van der Waals surface area contributed by atoms with E-state index in [4.69, 9.17) is 16.7 Å². The first-order chi connectivity index (χ1) is 12.2. The minimum Gasteiger partial charge on any atom is -0.480 e. The van der Waals surface area contributed by atoms with Crippen LogP contribution in [-0.2, 0) is 14.8 Å². The standard InChI is InChI=1S/C17H18ClN3O4S/c1-11-3-6-14(9-16(11)18)21-20-12(2)13-4-7-15(8-5-13)26(24,25)19-10-17(22)23/h3-9,19,21H,10H2,1-2H3,(H,22,23)/b20-12-. The molecule has 0 fully saturated rings. The molecule has 0 saturated carbocycles. The number of nitrogens with one attached hydrogen (secondary N) is 2. The fraction of sp³-hybridized carbons (Fsp3) is 0.176. The number of aryl methyl sites for hydroxylation is 1. The van der Waals surface area contributed by atoms with Crippen molar-refractivity contribution in [3.8, 4) is 0 Å². The zero-order valence-electron chi connectivity index (χ0n) is 14.2. The molecule has 0 atom stereocenters. The van der Waals surface area contributed by atoms with E-state index in [0.29, 0.717) is 16.3 Å². The average Bonchev–Trinajstić information content (AvgIpc) is 2.61. The molecule has 2 aromatic carbocycles. The van der Waals surface area contributed by atoms with Crippen molar-refractivity contribution in [1.82, 2.24) is 4.72 Å². The van der Waals surface area contributed by atoms with Crippen LogP contribution in [0.1, 0.15) is 18.1 Å². The third kappa shape index (κ3) is 5.29. The fourth-order valence-corrected chi connectivity index (χ4v) is 3.15. The highest BCUT2D eigenvalue weighted by Gasteiger charge is 2.15. The Labute approximate surface area is 156 Å². The van der Waals surface area contributed by atoms with Gasteiger partial charge in [-0.15, -0.1) is 0 Å². The smallest absolute Gasteiger partial charge is 0.318 e. The molecule has 0 amide bonds. The first kappa shape index (κ1) is 19.9. The van der Waals surface area contributed by atoms with Gasteiger partial charge in [0, 0.05) is 5.02 Å². The Morgan fingerprint density at radius 1 is 1.19 bits per heavy atom. The third-order valence-corrected chi connectivity index (χ3v) is 5.34. The normalized spacial score (nSPS) is 12.0. The summed E-state index contributed by atoms with van der Waals surface area (Å²) < 4.78 is 25.9. The molecular formula is C17H18ClN3O4S. The minimum absolute atomic E-state index is 0.0198. The van der Waals surface area contributed by atoms with Crippen LogP contribution in [0.4, 0.5) is 5.69 Å². The van der Waals surface area contributed by atoms with Crippen LogP contribution in [0.5, 0.6) is 0 Å². The van der Waals surface area contributed by atoms with Gasteiger partial charge in [0.1, 0.15) is 6.54 Å². The quantitative estimate of drug-likeness (QED) is 0.493. The first-order valence-corrected chi connectivity index (χ1v) is 9.43. The molecule has 0 saturated heterocycles. The number of benzene rings is 2. The lowest BCUT2D eigenvalue weighted by Gasteiger charge is -2.07. The molecule has 0 aromatic heterocycles. The van der Waals surface area contributed by atoms with E-state index < -0.39 is 22.5 Å². The van der Waals surface area contributed by atoms with E-state index in [1.807, 2.05) is 23.8 Å². The Morgan fingerprint density at radius 3 is 2.42 bits per heavy atom. The summed E-state index contributed by atoms with van der Waals surface area (Å²) in [6.45, 7) is 3.00. The first-order valence-electron chi connectivity index (χ1n) is 7.57. The summed E-state index contributed by atoms with van der Waals surface area (Å²) in [5, 5.41) is 13.5. The number of hydrogen-bond acceptors (Lipinski definition) is 5. The van der Waals surface area contributed by atoms with Crippen molar-refractivity contribution in [3.63, 3.8) is 0 Å². The maximum absolute atomic E-state index is 12.0. The van der Waals surface area contributed by atoms with Gasteiger partial charge in [-0.05, 0) is 49.2 Å². The summed E-state index contributed by atoms with van der Waals surface area (Å²) in [5.74, 6) is -1.25. The van der Waals surface area contributed by atoms with Crippen LogP contribution in [0, 0.1) is 6.92 Å². The number of hydrogen-bond donors (Lipinski definition) is 3. The van der Waals surface area contributed by atoms with Gasteiger partial charge in [0.2, 0.25) is 10.0 Å². The Morgan fingerprint density at radius 2 is 1.85 bits per heavy atom. The molecule has 2 rings (SSSR count). The molecule has 0 unspecified atom stereocenters. The molecule has 0 aliphatic carbocycles. The van der Waals surface area contributed by atoms with Crippen LogP contribution >= 0.6 is 11.6 Å². The van der Waals surface area contributed by atoms with Crippen LogP contribution in [0.15, 0.2) is 52.5 Å². The lowest BCUT2D eigenvalue weighted by atomic mass is 10.1. The number of carboxylic acids is 1. The van der Waals surface area contributed by atoms with Gasteiger partial charge in [0.15, 0.2) is 0 Å². The maximum atomic E-state index is 12.0. The second-order valence-corrected chi connectivity index (χ2v) is 7.69. The SMILES string of the molecule is C/C(=N/Nc1ccc(C)c(Cl)c1)c1ccc(S(=O)(=O)NCC(=O)O)cc1. The van der Waals surface area contributed by atoms with Gasteiger partial charge < -0.3 is 5.11 Å². The van der Waals surface area contributed by atoms with E-state index in [1.54, 1.807) is 25.1 Å². The van der Waals surface area contributed by atoms with Gasteiger partial charge in [-0.2, -0.15) is 9.82 Å². The van der Waals surface area contributed by atoms with E-state index in [0.717, 1.165) is 11.3 Å². The molecule has 0 bridgehead atoms. The van der Waals surface area contributed by atoms with Gasteiger partial charge in [-0.1, -0.05) is 29.8 Å². The van der Waals surface area contributed by atoms with Crippen molar-refractivity contribution in [2.24, 2.45) is 5.10 Å². The molecule has 7 nitrogen and oxygen atoms in total. The van der Waals surface area contributed by atoms with E-state index in [9.17, 15) is 13.2 Å². The van der Waals surface area contributed by atoms with E-state index in [-0.39, 0.29) is 4.90 Å². The van der Waals surface area contributed by atoms with Crippen molar-refractivity contribution < 1.29 is 18.3 Å². The van der Waals surface area contributed by atoms with Crippen LogP contribution in [0.2, 0.25) is 5.02 Å². The highest BCUT2D eigenvalue weighted by Crippen LogP contribution is 2.20. The van der Waals surface area contributed by atoms with Crippen molar-refractivity contribution in [3.05, 3.63) is 58.6 Å². The third-order valence-electron chi connectivity index (χ3n) is 3.52. The summed E-state index contributed by atoms with van der Waals surface area (Å²) in [5.41, 5.74) is 5.95. The van der Waals surface area contributed by atoms with Crippen molar-refractivity contribution >= 4 is 39.0 Å².